The number of aromatic nitrogens is 1. The highest BCUT2D eigenvalue weighted by molar-refractivity contribution is 5.92. The number of anilines is 1. The lowest BCUT2D eigenvalue weighted by atomic mass is 10.1. The van der Waals surface area contributed by atoms with E-state index in [2.05, 4.69) is 22.5 Å². The van der Waals surface area contributed by atoms with Crippen LogP contribution in [0, 0.1) is 0 Å². The van der Waals surface area contributed by atoms with Crippen LogP contribution >= 0.6 is 0 Å². The Bertz CT molecular complexity index is 501. The molecule has 0 spiro atoms. The Kier molecular flexibility index (Phi) is 5.14. The van der Waals surface area contributed by atoms with Crippen LogP contribution < -0.4 is 10.6 Å². The molecule has 1 saturated heterocycles. The predicted molar refractivity (Wildman–Crippen MR) is 81.1 cm³/mol. The minimum absolute atomic E-state index is 0.0000991. The molecule has 1 fully saturated rings. The minimum atomic E-state index is -0.190. The maximum absolute atomic E-state index is 12.1. The van der Waals surface area contributed by atoms with Gasteiger partial charge in [0.05, 0.1) is 11.9 Å². The summed E-state index contributed by atoms with van der Waals surface area (Å²) in [5.74, 6) is -0.0604. The Labute approximate surface area is 124 Å². The SMILES string of the molecule is CCCNc1ccc(C(=O)NC2CCC(=O)N(C)C2)nc1. The largest absolute Gasteiger partial charge is 0.384 e. The molecule has 6 nitrogen and oxygen atoms in total. The Hall–Kier alpha value is -2.11. The molecule has 1 unspecified atom stereocenters. The highest BCUT2D eigenvalue weighted by Crippen LogP contribution is 2.11. The van der Waals surface area contributed by atoms with Crippen molar-refractivity contribution in [1.29, 1.82) is 0 Å². The monoisotopic (exact) mass is 290 g/mol. The Morgan fingerprint density at radius 2 is 2.29 bits per heavy atom. The molecule has 2 N–H and O–H groups in total. The summed E-state index contributed by atoms with van der Waals surface area (Å²) >= 11 is 0. The van der Waals surface area contributed by atoms with Gasteiger partial charge in [-0.05, 0) is 25.0 Å². The van der Waals surface area contributed by atoms with Gasteiger partial charge >= 0.3 is 0 Å². The summed E-state index contributed by atoms with van der Waals surface area (Å²) in [6, 6.07) is 3.57. The molecule has 2 rings (SSSR count). The first-order valence-corrected chi connectivity index (χ1v) is 7.35. The maximum Gasteiger partial charge on any atom is 0.270 e. The van der Waals surface area contributed by atoms with Gasteiger partial charge in [0, 0.05) is 32.6 Å². The van der Waals surface area contributed by atoms with E-state index in [-0.39, 0.29) is 17.9 Å². The Morgan fingerprint density at radius 1 is 1.48 bits per heavy atom. The zero-order chi connectivity index (χ0) is 15.2. The number of nitrogens with one attached hydrogen (secondary N) is 2. The molecule has 0 aromatic carbocycles. The van der Waals surface area contributed by atoms with Gasteiger partial charge in [-0.25, -0.2) is 4.98 Å². The first-order valence-electron chi connectivity index (χ1n) is 7.35. The van der Waals surface area contributed by atoms with Crippen molar-refractivity contribution in [3.63, 3.8) is 0 Å². The summed E-state index contributed by atoms with van der Waals surface area (Å²) in [7, 11) is 1.76. The highest BCUT2D eigenvalue weighted by atomic mass is 16.2. The van der Waals surface area contributed by atoms with E-state index in [0.29, 0.717) is 25.1 Å². The molecule has 0 radical (unpaired) electrons. The molecule has 6 heteroatoms. The fourth-order valence-electron chi connectivity index (χ4n) is 2.29. The Morgan fingerprint density at radius 3 is 2.90 bits per heavy atom. The van der Waals surface area contributed by atoms with Crippen molar-refractivity contribution in [1.82, 2.24) is 15.2 Å². The molecule has 0 aliphatic carbocycles. The number of nitrogens with zero attached hydrogens (tertiary/aromatic N) is 2. The molecule has 2 amide bonds. The van der Waals surface area contributed by atoms with Crippen LogP contribution in [-0.2, 0) is 4.79 Å². The number of piperidine rings is 1. The standard InChI is InChI=1S/C15H22N4O2/c1-3-8-16-11-4-6-13(17-9-11)15(21)18-12-5-7-14(20)19(2)10-12/h4,6,9,12,16H,3,5,7-8,10H2,1-2H3,(H,18,21). The number of rotatable bonds is 5. The lowest BCUT2D eigenvalue weighted by molar-refractivity contribution is -0.132. The second kappa shape index (κ2) is 7.06. The number of hydrogen-bond donors (Lipinski definition) is 2. The molecule has 21 heavy (non-hydrogen) atoms. The fourth-order valence-corrected chi connectivity index (χ4v) is 2.29. The molecule has 114 valence electrons. The van der Waals surface area contributed by atoms with Crippen molar-refractivity contribution in [2.45, 2.75) is 32.2 Å². The average molecular weight is 290 g/mol. The average Bonchev–Trinajstić information content (AvgIpc) is 2.49. The zero-order valence-electron chi connectivity index (χ0n) is 12.6. The first-order chi connectivity index (χ1) is 10.1. The first kappa shape index (κ1) is 15.3. The summed E-state index contributed by atoms with van der Waals surface area (Å²) in [5.41, 5.74) is 1.31. The van der Waals surface area contributed by atoms with Gasteiger partial charge in [-0.1, -0.05) is 6.92 Å². The fraction of sp³-hybridized carbons (Fsp3) is 0.533. The molecular formula is C15H22N4O2. The molecule has 1 aromatic rings. The number of carbonyl (C=O) groups excluding carboxylic acids is 2. The molecule has 1 atom stereocenters. The third-order valence-corrected chi connectivity index (χ3v) is 3.54. The molecule has 1 aliphatic rings. The van der Waals surface area contributed by atoms with Crippen molar-refractivity contribution in [3.8, 4) is 0 Å². The summed E-state index contributed by atoms with van der Waals surface area (Å²) in [6.07, 6.45) is 3.87. The van der Waals surface area contributed by atoms with Gasteiger partial charge in [-0.2, -0.15) is 0 Å². The Balaban J connectivity index is 1.89. The van der Waals surface area contributed by atoms with Crippen LogP contribution in [0.1, 0.15) is 36.7 Å². The number of amides is 2. The maximum atomic E-state index is 12.1. The number of likely N-dealkylation sites (N-methyl/N-ethyl adjacent to an activating group) is 1. The number of carbonyl (C=O) groups is 2. The molecular weight excluding hydrogens is 268 g/mol. The highest BCUT2D eigenvalue weighted by Gasteiger charge is 2.24. The van der Waals surface area contributed by atoms with Crippen molar-refractivity contribution in [2.24, 2.45) is 0 Å². The number of likely N-dealkylation sites (tertiary alicyclic amines) is 1. The lowest BCUT2D eigenvalue weighted by Crippen LogP contribution is -2.48. The van der Waals surface area contributed by atoms with Gasteiger partial charge in [0.25, 0.3) is 5.91 Å². The normalized spacial score (nSPS) is 18.5. The van der Waals surface area contributed by atoms with Gasteiger partial charge in [-0.15, -0.1) is 0 Å². The lowest BCUT2D eigenvalue weighted by Gasteiger charge is -2.30. The quantitative estimate of drug-likeness (QED) is 0.856. The van der Waals surface area contributed by atoms with Gasteiger partial charge in [0.15, 0.2) is 0 Å². The van der Waals surface area contributed by atoms with E-state index in [1.165, 1.54) is 0 Å². The van der Waals surface area contributed by atoms with Crippen molar-refractivity contribution >= 4 is 17.5 Å². The summed E-state index contributed by atoms with van der Waals surface area (Å²) < 4.78 is 0. The molecule has 1 aromatic heterocycles. The summed E-state index contributed by atoms with van der Waals surface area (Å²) in [6.45, 7) is 3.53. The minimum Gasteiger partial charge on any atom is -0.384 e. The molecule has 0 bridgehead atoms. The van der Waals surface area contributed by atoms with Crippen molar-refractivity contribution < 1.29 is 9.59 Å². The second-order valence-corrected chi connectivity index (χ2v) is 5.34. The number of hydrogen-bond acceptors (Lipinski definition) is 4. The molecule has 0 saturated carbocycles. The smallest absolute Gasteiger partial charge is 0.270 e. The third-order valence-electron chi connectivity index (χ3n) is 3.54. The topological polar surface area (TPSA) is 74.3 Å². The van der Waals surface area contributed by atoms with Crippen LogP contribution in [0.25, 0.3) is 0 Å². The van der Waals surface area contributed by atoms with Crippen LogP contribution in [0.15, 0.2) is 18.3 Å². The summed E-state index contributed by atoms with van der Waals surface area (Å²) in [4.78, 5) is 29.4. The third kappa shape index (κ3) is 4.18. The van der Waals surface area contributed by atoms with E-state index in [9.17, 15) is 9.59 Å². The van der Waals surface area contributed by atoms with E-state index in [1.807, 2.05) is 6.07 Å². The van der Waals surface area contributed by atoms with Gasteiger partial charge in [-0.3, -0.25) is 9.59 Å². The van der Waals surface area contributed by atoms with Crippen LogP contribution in [0.5, 0.6) is 0 Å². The van der Waals surface area contributed by atoms with Crippen LogP contribution in [0.3, 0.4) is 0 Å². The van der Waals surface area contributed by atoms with E-state index >= 15 is 0 Å². The van der Waals surface area contributed by atoms with E-state index < -0.39 is 0 Å². The number of pyridine rings is 1. The van der Waals surface area contributed by atoms with Gasteiger partial charge in [0.2, 0.25) is 5.91 Å². The second-order valence-electron chi connectivity index (χ2n) is 5.34. The van der Waals surface area contributed by atoms with Crippen LogP contribution in [0.2, 0.25) is 0 Å². The van der Waals surface area contributed by atoms with E-state index in [0.717, 1.165) is 18.7 Å². The van der Waals surface area contributed by atoms with E-state index in [4.69, 9.17) is 0 Å². The van der Waals surface area contributed by atoms with Crippen LogP contribution in [0.4, 0.5) is 5.69 Å². The van der Waals surface area contributed by atoms with Gasteiger partial charge in [0.1, 0.15) is 5.69 Å². The molecule has 2 heterocycles. The predicted octanol–water partition coefficient (Wildman–Crippen LogP) is 1.25. The molecule has 1 aliphatic heterocycles. The zero-order valence-corrected chi connectivity index (χ0v) is 12.6. The van der Waals surface area contributed by atoms with E-state index in [1.54, 1.807) is 24.2 Å². The van der Waals surface area contributed by atoms with Crippen molar-refractivity contribution in [3.05, 3.63) is 24.0 Å². The van der Waals surface area contributed by atoms with Crippen molar-refractivity contribution in [2.75, 3.05) is 25.5 Å². The van der Waals surface area contributed by atoms with Crippen LogP contribution in [-0.4, -0.2) is 47.9 Å². The summed E-state index contributed by atoms with van der Waals surface area (Å²) in [5, 5.41) is 6.15. The van der Waals surface area contributed by atoms with Gasteiger partial charge < -0.3 is 15.5 Å².